The molecule has 0 aliphatic rings. The lowest BCUT2D eigenvalue weighted by atomic mass is 10.1. The van der Waals surface area contributed by atoms with Gasteiger partial charge in [0.15, 0.2) is 0 Å². The number of hydrogen-bond acceptors (Lipinski definition) is 3. The summed E-state index contributed by atoms with van der Waals surface area (Å²) in [5.41, 5.74) is 2.00. The lowest BCUT2D eigenvalue weighted by Gasteiger charge is -2.11. The van der Waals surface area contributed by atoms with Gasteiger partial charge >= 0.3 is 0 Å². The summed E-state index contributed by atoms with van der Waals surface area (Å²) in [6.07, 6.45) is 0.479. The van der Waals surface area contributed by atoms with Gasteiger partial charge in [0.2, 0.25) is 0 Å². The third-order valence-electron chi connectivity index (χ3n) is 2.27. The molecule has 0 radical (unpaired) electrons. The molecule has 0 fully saturated rings. The van der Waals surface area contributed by atoms with Crippen molar-refractivity contribution in [2.24, 2.45) is 0 Å². The minimum atomic E-state index is 0.148. The molecule has 1 rings (SSSR count). The maximum atomic E-state index is 9.57. The maximum absolute atomic E-state index is 9.57. The van der Waals surface area contributed by atoms with Crippen LogP contribution in [-0.4, -0.2) is 11.1 Å². The summed E-state index contributed by atoms with van der Waals surface area (Å²) < 4.78 is 0. The summed E-state index contributed by atoms with van der Waals surface area (Å²) in [5.74, 6) is 0.303. The van der Waals surface area contributed by atoms with Gasteiger partial charge in [-0.25, -0.2) is 0 Å². The van der Waals surface area contributed by atoms with Crippen LogP contribution in [0.4, 0.5) is 0 Å². The van der Waals surface area contributed by atoms with E-state index in [1.807, 2.05) is 26.0 Å². The van der Waals surface area contributed by atoms with Crippen molar-refractivity contribution < 1.29 is 5.11 Å². The highest BCUT2D eigenvalue weighted by Gasteiger charge is 2.04. The topological polar surface area (TPSA) is 56.0 Å². The number of nitrogens with zero attached hydrogens (tertiary/aromatic N) is 1. The Labute approximate surface area is 90.4 Å². The summed E-state index contributed by atoms with van der Waals surface area (Å²) >= 11 is 0. The Hall–Kier alpha value is -1.53. The normalized spacial score (nSPS) is 12.1. The molecule has 3 heteroatoms. The zero-order valence-electron chi connectivity index (χ0n) is 9.12. The van der Waals surface area contributed by atoms with Crippen LogP contribution >= 0.6 is 0 Å². The Balaban J connectivity index is 2.57. The molecule has 1 aromatic carbocycles. The fraction of sp³-hybridized carbons (Fsp3) is 0.417. The number of benzene rings is 1. The number of rotatable bonds is 4. The second-order valence-corrected chi connectivity index (χ2v) is 3.78. The molecule has 0 bridgehead atoms. The van der Waals surface area contributed by atoms with Gasteiger partial charge < -0.3 is 10.4 Å². The Morgan fingerprint density at radius 1 is 1.53 bits per heavy atom. The van der Waals surface area contributed by atoms with Gasteiger partial charge in [-0.15, -0.1) is 0 Å². The number of nitriles is 1. The van der Waals surface area contributed by atoms with E-state index < -0.39 is 0 Å². The predicted molar refractivity (Wildman–Crippen MR) is 59.4 cm³/mol. The van der Waals surface area contributed by atoms with Crippen LogP contribution in [0.1, 0.15) is 24.5 Å². The smallest absolute Gasteiger partial charge is 0.120 e. The largest absolute Gasteiger partial charge is 0.508 e. The van der Waals surface area contributed by atoms with Crippen molar-refractivity contribution in [1.82, 2.24) is 5.32 Å². The SMILES string of the molecule is Cc1ccc(O)c(CNC(C)CC#N)c1. The van der Waals surface area contributed by atoms with Crippen LogP contribution in [0.5, 0.6) is 5.75 Å². The van der Waals surface area contributed by atoms with E-state index in [9.17, 15) is 5.11 Å². The van der Waals surface area contributed by atoms with Crippen molar-refractivity contribution in [2.75, 3.05) is 0 Å². The fourth-order valence-corrected chi connectivity index (χ4v) is 1.35. The number of nitrogens with one attached hydrogen (secondary N) is 1. The molecule has 0 spiro atoms. The standard InChI is InChI=1S/C12H16N2O/c1-9-3-4-12(15)11(7-9)8-14-10(2)5-6-13/h3-4,7,10,14-15H,5,8H2,1-2H3. The lowest BCUT2D eigenvalue weighted by molar-refractivity contribution is 0.459. The van der Waals surface area contributed by atoms with Crippen molar-refractivity contribution in [3.63, 3.8) is 0 Å². The van der Waals surface area contributed by atoms with Gasteiger partial charge in [-0.3, -0.25) is 0 Å². The molecule has 0 saturated carbocycles. The maximum Gasteiger partial charge on any atom is 0.120 e. The molecular weight excluding hydrogens is 188 g/mol. The molecule has 1 aromatic rings. The second-order valence-electron chi connectivity index (χ2n) is 3.78. The summed E-state index contributed by atoms with van der Waals surface area (Å²) in [5, 5.41) is 21.3. The third-order valence-corrected chi connectivity index (χ3v) is 2.27. The molecule has 80 valence electrons. The van der Waals surface area contributed by atoms with E-state index in [4.69, 9.17) is 5.26 Å². The second kappa shape index (κ2) is 5.38. The van der Waals surface area contributed by atoms with E-state index in [1.165, 1.54) is 0 Å². The summed E-state index contributed by atoms with van der Waals surface area (Å²) in [6.45, 7) is 4.54. The quantitative estimate of drug-likeness (QED) is 0.789. The molecule has 0 aliphatic heterocycles. The lowest BCUT2D eigenvalue weighted by Crippen LogP contribution is -2.24. The van der Waals surface area contributed by atoms with E-state index in [2.05, 4.69) is 11.4 Å². The first-order valence-corrected chi connectivity index (χ1v) is 5.02. The van der Waals surface area contributed by atoms with Gasteiger partial charge in [0.25, 0.3) is 0 Å². The monoisotopic (exact) mass is 204 g/mol. The van der Waals surface area contributed by atoms with E-state index in [0.717, 1.165) is 11.1 Å². The number of aromatic hydroxyl groups is 1. The molecule has 2 N–H and O–H groups in total. The van der Waals surface area contributed by atoms with Crippen LogP contribution in [0.3, 0.4) is 0 Å². The Morgan fingerprint density at radius 2 is 2.27 bits per heavy atom. The molecule has 15 heavy (non-hydrogen) atoms. The van der Waals surface area contributed by atoms with Crippen molar-refractivity contribution in [3.8, 4) is 11.8 Å². The van der Waals surface area contributed by atoms with Crippen LogP contribution in [0.2, 0.25) is 0 Å². The van der Waals surface area contributed by atoms with E-state index in [-0.39, 0.29) is 6.04 Å². The molecule has 0 amide bonds. The highest BCUT2D eigenvalue weighted by atomic mass is 16.3. The zero-order chi connectivity index (χ0) is 11.3. The van der Waals surface area contributed by atoms with Gasteiger partial charge in [0.05, 0.1) is 12.5 Å². The van der Waals surface area contributed by atoms with Gasteiger partial charge in [-0.1, -0.05) is 17.7 Å². The first-order chi connectivity index (χ1) is 7.13. The molecule has 1 unspecified atom stereocenters. The van der Waals surface area contributed by atoms with Crippen LogP contribution in [0.15, 0.2) is 18.2 Å². The molecule has 0 saturated heterocycles. The average Bonchev–Trinajstić information content (AvgIpc) is 2.20. The number of hydrogen-bond donors (Lipinski definition) is 2. The van der Waals surface area contributed by atoms with Gasteiger partial charge in [0, 0.05) is 18.2 Å². The fourth-order valence-electron chi connectivity index (χ4n) is 1.35. The average molecular weight is 204 g/mol. The number of phenolic OH excluding ortho intramolecular Hbond substituents is 1. The first-order valence-electron chi connectivity index (χ1n) is 5.02. The molecule has 0 heterocycles. The van der Waals surface area contributed by atoms with Crippen LogP contribution in [-0.2, 0) is 6.54 Å². The highest BCUT2D eigenvalue weighted by molar-refractivity contribution is 5.35. The Bertz CT molecular complexity index is 368. The van der Waals surface area contributed by atoms with Crippen LogP contribution in [0.25, 0.3) is 0 Å². The molecule has 3 nitrogen and oxygen atoms in total. The molecular formula is C12H16N2O. The Kier molecular flexibility index (Phi) is 4.14. The summed E-state index contributed by atoms with van der Waals surface area (Å²) in [6, 6.07) is 7.77. The van der Waals surface area contributed by atoms with Crippen molar-refractivity contribution in [3.05, 3.63) is 29.3 Å². The predicted octanol–water partition coefficient (Wildman–Crippen LogP) is 2.09. The molecule has 0 aliphatic carbocycles. The molecule has 1 atom stereocenters. The van der Waals surface area contributed by atoms with Crippen molar-refractivity contribution in [1.29, 1.82) is 5.26 Å². The first kappa shape index (κ1) is 11.5. The highest BCUT2D eigenvalue weighted by Crippen LogP contribution is 2.17. The zero-order valence-corrected chi connectivity index (χ0v) is 9.12. The number of aryl methyl sites for hydroxylation is 1. The minimum Gasteiger partial charge on any atom is -0.508 e. The number of phenols is 1. The minimum absolute atomic E-state index is 0.148. The van der Waals surface area contributed by atoms with Gasteiger partial charge in [-0.2, -0.15) is 5.26 Å². The van der Waals surface area contributed by atoms with Crippen molar-refractivity contribution in [2.45, 2.75) is 32.9 Å². The van der Waals surface area contributed by atoms with Crippen molar-refractivity contribution >= 4 is 0 Å². The Morgan fingerprint density at radius 3 is 2.93 bits per heavy atom. The summed E-state index contributed by atoms with van der Waals surface area (Å²) in [7, 11) is 0. The van der Waals surface area contributed by atoms with Gasteiger partial charge in [0.1, 0.15) is 5.75 Å². The van der Waals surface area contributed by atoms with Crippen LogP contribution < -0.4 is 5.32 Å². The van der Waals surface area contributed by atoms with E-state index in [1.54, 1.807) is 6.07 Å². The van der Waals surface area contributed by atoms with Gasteiger partial charge in [-0.05, 0) is 19.9 Å². The molecule has 0 aromatic heterocycles. The van der Waals surface area contributed by atoms with E-state index in [0.29, 0.717) is 18.7 Å². The third kappa shape index (κ3) is 3.61. The van der Waals surface area contributed by atoms with E-state index >= 15 is 0 Å². The van der Waals surface area contributed by atoms with Crippen LogP contribution in [0, 0.1) is 18.3 Å². The summed E-state index contributed by atoms with van der Waals surface area (Å²) in [4.78, 5) is 0.